The molecule has 1 aromatic heterocycles. The van der Waals surface area contributed by atoms with Crippen LogP contribution in [-0.4, -0.2) is 49.4 Å². The van der Waals surface area contributed by atoms with Gasteiger partial charge in [-0.3, -0.25) is 18.9 Å². The maximum Gasteiger partial charge on any atom is 0.325 e. The summed E-state index contributed by atoms with van der Waals surface area (Å²) >= 11 is 0. The van der Waals surface area contributed by atoms with Crippen LogP contribution in [0, 0.1) is 6.92 Å². The summed E-state index contributed by atoms with van der Waals surface area (Å²) in [4.78, 5) is 42.1. The number of carbonyl (C=O) groups excluding carboxylic acids is 1. The summed E-state index contributed by atoms with van der Waals surface area (Å²) in [6, 6.07) is 15.4. The van der Waals surface area contributed by atoms with Crippen LogP contribution < -0.4 is 20.3 Å². The Bertz CT molecular complexity index is 1370. The zero-order valence-corrected chi connectivity index (χ0v) is 19.9. The van der Waals surface area contributed by atoms with Crippen molar-refractivity contribution in [1.29, 1.82) is 0 Å². The molecule has 2 aromatic carbocycles. The van der Waals surface area contributed by atoms with Gasteiger partial charge in [0.1, 0.15) is 12.3 Å². The van der Waals surface area contributed by atoms with E-state index in [1.54, 1.807) is 19.2 Å². The molecule has 0 saturated heterocycles. The molecule has 0 saturated carbocycles. The van der Waals surface area contributed by atoms with E-state index < -0.39 is 38.6 Å². The van der Waals surface area contributed by atoms with Crippen molar-refractivity contribution in [3.05, 3.63) is 86.7 Å². The van der Waals surface area contributed by atoms with Crippen molar-refractivity contribution in [3.8, 4) is 5.75 Å². The maximum absolute atomic E-state index is 13.6. The number of benzene rings is 2. The maximum atomic E-state index is 13.6. The minimum absolute atomic E-state index is 0.130. The quantitative estimate of drug-likeness (QED) is 0.472. The van der Waals surface area contributed by atoms with Gasteiger partial charge >= 0.3 is 5.69 Å². The summed E-state index contributed by atoms with van der Waals surface area (Å²) in [6.07, 6.45) is 0. The summed E-state index contributed by atoms with van der Waals surface area (Å²) in [6.45, 7) is 3.27. The van der Waals surface area contributed by atoms with Crippen LogP contribution in [0.25, 0.3) is 0 Å². The summed E-state index contributed by atoms with van der Waals surface area (Å²) in [7, 11) is -2.96. The number of hydrogen-bond donors (Lipinski definition) is 2. The van der Waals surface area contributed by atoms with Crippen LogP contribution in [-0.2, 0) is 21.4 Å². The summed E-state index contributed by atoms with van der Waals surface area (Å²) < 4.78 is 33.4. The third-order valence-electron chi connectivity index (χ3n) is 5.03. The molecule has 2 N–H and O–H groups in total. The van der Waals surface area contributed by atoms with Gasteiger partial charge in [0, 0.05) is 19.3 Å². The number of anilines is 1. The highest BCUT2D eigenvalue weighted by atomic mass is 32.2. The topological polar surface area (TPSA) is 133 Å². The van der Waals surface area contributed by atoms with Gasteiger partial charge in [-0.2, -0.15) is 0 Å². The molecule has 0 fully saturated rings. The van der Waals surface area contributed by atoms with Crippen molar-refractivity contribution in [2.45, 2.75) is 25.3 Å². The molecule has 3 aromatic rings. The number of hydrogen-bond acceptors (Lipinski definition) is 6. The number of H-pyrrole nitrogens is 2. The van der Waals surface area contributed by atoms with E-state index in [0.29, 0.717) is 12.4 Å². The summed E-state index contributed by atoms with van der Waals surface area (Å²) in [5, 5.41) is 0. The largest absolute Gasteiger partial charge is 0.494 e. The highest BCUT2D eigenvalue weighted by Crippen LogP contribution is 2.25. The van der Waals surface area contributed by atoms with E-state index in [1.165, 1.54) is 24.0 Å². The molecule has 0 spiro atoms. The van der Waals surface area contributed by atoms with E-state index >= 15 is 0 Å². The first-order valence-electron chi connectivity index (χ1n) is 10.5. The number of aryl methyl sites for hydroxylation is 1. The highest BCUT2D eigenvalue weighted by molar-refractivity contribution is 7.92. The Balaban J connectivity index is 2.01. The molecule has 0 aliphatic heterocycles. The van der Waals surface area contributed by atoms with Crippen LogP contribution in [0.1, 0.15) is 18.2 Å². The number of carbonyl (C=O) groups is 1. The van der Waals surface area contributed by atoms with Gasteiger partial charge in [0.15, 0.2) is 4.90 Å². The standard InChI is InChI=1S/C23H26N4O6S/c1-4-33-19-12-10-18(11-13-19)27(15-20(28)26(3)14-17-8-6-5-7-9-17)34(31,32)21-16(2)24-23(30)25-22(21)29/h5-13H,4,14-15H2,1-3H3,(H2,24,25,29,30). The molecule has 3 rings (SSSR count). The first-order chi connectivity index (χ1) is 16.1. The zero-order chi connectivity index (χ0) is 24.9. The second-order valence-corrected chi connectivity index (χ2v) is 9.34. The Morgan fingerprint density at radius 2 is 1.65 bits per heavy atom. The van der Waals surface area contributed by atoms with E-state index in [0.717, 1.165) is 9.87 Å². The number of nitrogens with zero attached hydrogens (tertiary/aromatic N) is 2. The third-order valence-corrected chi connectivity index (χ3v) is 6.95. The molecule has 10 nitrogen and oxygen atoms in total. The molecule has 180 valence electrons. The van der Waals surface area contributed by atoms with Crippen LogP contribution in [0.15, 0.2) is 69.1 Å². The van der Waals surface area contributed by atoms with Crippen LogP contribution in [0.2, 0.25) is 0 Å². The Kier molecular flexibility index (Phi) is 7.57. The molecular weight excluding hydrogens is 460 g/mol. The Morgan fingerprint density at radius 3 is 2.24 bits per heavy atom. The lowest BCUT2D eigenvalue weighted by Crippen LogP contribution is -2.44. The van der Waals surface area contributed by atoms with Gasteiger partial charge in [-0.15, -0.1) is 0 Å². The molecule has 0 radical (unpaired) electrons. The number of aromatic nitrogens is 2. The van der Waals surface area contributed by atoms with E-state index in [1.807, 2.05) is 42.2 Å². The predicted octanol–water partition coefficient (Wildman–Crippen LogP) is 1.62. The average Bonchev–Trinajstić information content (AvgIpc) is 2.78. The molecule has 1 amide bonds. The first kappa shape index (κ1) is 24.8. The average molecular weight is 487 g/mol. The van der Waals surface area contributed by atoms with Crippen molar-refractivity contribution in [3.63, 3.8) is 0 Å². The fourth-order valence-electron chi connectivity index (χ4n) is 3.39. The molecule has 0 unspecified atom stereocenters. The lowest BCUT2D eigenvalue weighted by atomic mass is 10.2. The molecular formula is C23H26N4O6S. The molecule has 0 bridgehead atoms. The molecule has 0 aliphatic carbocycles. The highest BCUT2D eigenvalue weighted by Gasteiger charge is 2.32. The molecule has 34 heavy (non-hydrogen) atoms. The van der Waals surface area contributed by atoms with Crippen molar-refractivity contribution >= 4 is 21.6 Å². The second kappa shape index (κ2) is 10.4. The minimum Gasteiger partial charge on any atom is -0.494 e. The number of rotatable bonds is 9. The van der Waals surface area contributed by atoms with Crippen molar-refractivity contribution in [2.75, 3.05) is 24.5 Å². The molecule has 11 heteroatoms. The van der Waals surface area contributed by atoms with E-state index in [2.05, 4.69) is 4.98 Å². The number of amides is 1. The molecule has 0 atom stereocenters. The lowest BCUT2D eigenvalue weighted by Gasteiger charge is -2.27. The van der Waals surface area contributed by atoms with Crippen LogP contribution in [0.4, 0.5) is 5.69 Å². The van der Waals surface area contributed by atoms with Gasteiger partial charge < -0.3 is 14.6 Å². The smallest absolute Gasteiger partial charge is 0.325 e. The Morgan fingerprint density at radius 1 is 1.00 bits per heavy atom. The number of sulfonamides is 1. The minimum atomic E-state index is -4.53. The lowest BCUT2D eigenvalue weighted by molar-refractivity contribution is -0.128. The van der Waals surface area contributed by atoms with Crippen LogP contribution >= 0.6 is 0 Å². The third kappa shape index (κ3) is 5.54. The monoisotopic (exact) mass is 486 g/mol. The molecule has 1 heterocycles. The summed E-state index contributed by atoms with van der Waals surface area (Å²) in [5.41, 5.74) is -0.985. The normalized spacial score (nSPS) is 11.1. The fourth-order valence-corrected chi connectivity index (χ4v) is 5.01. The number of aromatic amines is 2. The van der Waals surface area contributed by atoms with E-state index in [4.69, 9.17) is 4.74 Å². The van der Waals surface area contributed by atoms with Gasteiger partial charge in [0.05, 0.1) is 12.3 Å². The van der Waals surface area contributed by atoms with E-state index in [-0.39, 0.29) is 17.9 Å². The number of ether oxygens (including phenoxy) is 1. The van der Waals surface area contributed by atoms with Crippen molar-refractivity contribution < 1.29 is 17.9 Å². The van der Waals surface area contributed by atoms with Crippen LogP contribution in [0.3, 0.4) is 0 Å². The van der Waals surface area contributed by atoms with Gasteiger partial charge in [-0.1, -0.05) is 30.3 Å². The SMILES string of the molecule is CCOc1ccc(N(CC(=O)N(C)Cc2ccccc2)S(=O)(=O)c2c(C)[nH]c(=O)[nH]c2=O)cc1. The second-order valence-electron chi connectivity index (χ2n) is 7.54. The van der Waals surface area contributed by atoms with Gasteiger partial charge in [0.2, 0.25) is 5.91 Å². The van der Waals surface area contributed by atoms with Gasteiger partial charge in [-0.25, -0.2) is 13.2 Å². The predicted molar refractivity (Wildman–Crippen MR) is 127 cm³/mol. The number of nitrogens with one attached hydrogen (secondary N) is 2. The van der Waals surface area contributed by atoms with Gasteiger partial charge in [0.25, 0.3) is 15.6 Å². The van der Waals surface area contributed by atoms with Crippen molar-refractivity contribution in [1.82, 2.24) is 14.9 Å². The van der Waals surface area contributed by atoms with Crippen LogP contribution in [0.5, 0.6) is 5.75 Å². The Labute approximate surface area is 196 Å². The molecule has 0 aliphatic rings. The Hall–Kier alpha value is -3.86. The first-order valence-corrected chi connectivity index (χ1v) is 11.9. The fraction of sp³-hybridized carbons (Fsp3) is 0.261. The van der Waals surface area contributed by atoms with E-state index in [9.17, 15) is 22.8 Å². The zero-order valence-electron chi connectivity index (χ0n) is 19.1. The number of likely N-dealkylation sites (N-methyl/N-ethyl adjacent to an activating group) is 1. The van der Waals surface area contributed by atoms with Crippen molar-refractivity contribution in [2.24, 2.45) is 0 Å². The van der Waals surface area contributed by atoms with Gasteiger partial charge in [-0.05, 0) is 43.7 Å². The summed E-state index contributed by atoms with van der Waals surface area (Å²) in [5.74, 6) is 0.0361.